The Labute approximate surface area is 119 Å². The molecule has 2 N–H and O–H groups in total. The van der Waals surface area contributed by atoms with Crippen LogP contribution in [0, 0.1) is 0 Å². The van der Waals surface area contributed by atoms with Crippen LogP contribution in [-0.4, -0.2) is 43.6 Å². The molecule has 0 aromatic heterocycles. The van der Waals surface area contributed by atoms with Crippen LogP contribution < -0.4 is 15.4 Å². The summed E-state index contributed by atoms with van der Waals surface area (Å²) in [7, 11) is 0. The Balaban J connectivity index is 1.81. The first-order chi connectivity index (χ1) is 9.74. The molecule has 1 amide bonds. The predicted molar refractivity (Wildman–Crippen MR) is 79.0 cm³/mol. The molecule has 0 aliphatic carbocycles. The van der Waals surface area contributed by atoms with E-state index in [2.05, 4.69) is 4.90 Å². The minimum atomic E-state index is 0.143. The lowest BCUT2D eigenvalue weighted by atomic mass is 10.2. The van der Waals surface area contributed by atoms with Crippen LogP contribution in [0.4, 0.5) is 11.4 Å². The summed E-state index contributed by atoms with van der Waals surface area (Å²) in [5.41, 5.74) is 7.33. The number of rotatable bonds is 2. The van der Waals surface area contributed by atoms with Crippen LogP contribution in [0.15, 0.2) is 18.2 Å². The van der Waals surface area contributed by atoms with Gasteiger partial charge in [-0.15, -0.1) is 0 Å². The van der Waals surface area contributed by atoms with E-state index in [0.717, 1.165) is 30.9 Å². The molecule has 0 spiro atoms. The molecule has 5 heteroatoms. The second-order valence-corrected chi connectivity index (χ2v) is 5.46. The van der Waals surface area contributed by atoms with Gasteiger partial charge in [0.2, 0.25) is 5.91 Å². The number of hydrogen-bond acceptors (Lipinski definition) is 4. The zero-order valence-corrected chi connectivity index (χ0v) is 11.7. The van der Waals surface area contributed by atoms with E-state index < -0.39 is 0 Å². The van der Waals surface area contributed by atoms with Crippen molar-refractivity contribution in [2.45, 2.75) is 19.3 Å². The van der Waals surface area contributed by atoms with Gasteiger partial charge < -0.3 is 15.4 Å². The number of amides is 1. The van der Waals surface area contributed by atoms with Crippen molar-refractivity contribution in [2.75, 3.05) is 43.4 Å². The first kappa shape index (κ1) is 13.2. The lowest BCUT2D eigenvalue weighted by Crippen LogP contribution is -2.39. The van der Waals surface area contributed by atoms with E-state index >= 15 is 0 Å². The Kier molecular flexibility index (Phi) is 3.78. The van der Waals surface area contributed by atoms with Gasteiger partial charge in [-0.2, -0.15) is 0 Å². The molecule has 1 aromatic rings. The van der Waals surface area contributed by atoms with Gasteiger partial charge in [0.15, 0.2) is 0 Å². The minimum Gasteiger partial charge on any atom is -0.491 e. The molecule has 5 nitrogen and oxygen atoms in total. The number of nitrogen functional groups attached to an aromatic ring is 1. The van der Waals surface area contributed by atoms with E-state index in [4.69, 9.17) is 10.5 Å². The van der Waals surface area contributed by atoms with Crippen molar-refractivity contribution in [2.24, 2.45) is 0 Å². The van der Waals surface area contributed by atoms with Gasteiger partial charge in [-0.05, 0) is 50.6 Å². The second kappa shape index (κ2) is 5.71. The first-order valence-electron chi connectivity index (χ1n) is 7.29. The Bertz CT molecular complexity index is 498. The summed E-state index contributed by atoms with van der Waals surface area (Å²) in [5.74, 6) is 0.899. The van der Waals surface area contributed by atoms with E-state index in [1.54, 1.807) is 0 Å². The van der Waals surface area contributed by atoms with Crippen LogP contribution in [0.2, 0.25) is 0 Å². The largest absolute Gasteiger partial charge is 0.491 e. The normalized spacial score (nSPS) is 19.3. The third-order valence-corrected chi connectivity index (χ3v) is 3.92. The molecule has 1 aromatic carbocycles. The van der Waals surface area contributed by atoms with Crippen molar-refractivity contribution in [1.29, 1.82) is 0 Å². The van der Waals surface area contributed by atoms with Crippen molar-refractivity contribution < 1.29 is 9.53 Å². The Morgan fingerprint density at radius 1 is 1.20 bits per heavy atom. The summed E-state index contributed by atoms with van der Waals surface area (Å²) >= 11 is 0. The quantitative estimate of drug-likeness (QED) is 0.831. The molecule has 0 atom stereocenters. The molecule has 3 rings (SSSR count). The fourth-order valence-corrected chi connectivity index (χ4v) is 2.87. The third-order valence-electron chi connectivity index (χ3n) is 3.92. The van der Waals surface area contributed by atoms with Crippen LogP contribution in [0.3, 0.4) is 0 Å². The minimum absolute atomic E-state index is 0.143. The maximum absolute atomic E-state index is 12.6. The van der Waals surface area contributed by atoms with Gasteiger partial charge in [0.25, 0.3) is 0 Å². The van der Waals surface area contributed by atoms with Crippen LogP contribution in [0.1, 0.15) is 19.3 Å². The molecule has 2 aliphatic rings. The number of nitrogens with two attached hydrogens (primary N) is 1. The highest BCUT2D eigenvalue weighted by Gasteiger charge is 2.25. The summed E-state index contributed by atoms with van der Waals surface area (Å²) in [5, 5.41) is 0. The van der Waals surface area contributed by atoms with Gasteiger partial charge in [0, 0.05) is 12.2 Å². The molecular formula is C15H21N3O2. The molecule has 0 saturated carbocycles. The average molecular weight is 275 g/mol. The maximum Gasteiger partial charge on any atom is 0.241 e. The van der Waals surface area contributed by atoms with Crippen molar-refractivity contribution in [1.82, 2.24) is 4.90 Å². The highest BCUT2D eigenvalue weighted by atomic mass is 16.5. The van der Waals surface area contributed by atoms with Crippen LogP contribution >= 0.6 is 0 Å². The van der Waals surface area contributed by atoms with Crippen LogP contribution in [-0.2, 0) is 4.79 Å². The molecule has 0 bridgehead atoms. The lowest BCUT2D eigenvalue weighted by Gasteiger charge is -2.24. The molecule has 0 unspecified atom stereocenters. The predicted octanol–water partition coefficient (Wildman–Crippen LogP) is 1.48. The lowest BCUT2D eigenvalue weighted by molar-refractivity contribution is -0.119. The molecule has 2 aliphatic heterocycles. The average Bonchev–Trinajstić information content (AvgIpc) is 2.84. The van der Waals surface area contributed by atoms with E-state index in [1.807, 2.05) is 23.1 Å². The zero-order valence-electron chi connectivity index (χ0n) is 11.7. The van der Waals surface area contributed by atoms with E-state index in [1.165, 1.54) is 12.8 Å². The number of hydrogen-bond donors (Lipinski definition) is 1. The number of anilines is 2. The molecule has 1 saturated heterocycles. The monoisotopic (exact) mass is 275 g/mol. The highest BCUT2D eigenvalue weighted by molar-refractivity contribution is 5.96. The second-order valence-electron chi connectivity index (χ2n) is 5.46. The molecule has 20 heavy (non-hydrogen) atoms. The topological polar surface area (TPSA) is 58.8 Å². The molecule has 0 radical (unpaired) electrons. The van der Waals surface area contributed by atoms with Crippen molar-refractivity contribution >= 4 is 17.3 Å². The summed E-state index contributed by atoms with van der Waals surface area (Å²) < 4.78 is 5.69. The van der Waals surface area contributed by atoms with Gasteiger partial charge in [0.1, 0.15) is 5.75 Å². The smallest absolute Gasteiger partial charge is 0.241 e. The van der Waals surface area contributed by atoms with Crippen molar-refractivity contribution in [3.8, 4) is 5.75 Å². The Morgan fingerprint density at radius 3 is 2.80 bits per heavy atom. The number of nitrogens with zero attached hydrogens (tertiary/aromatic N) is 2. The van der Waals surface area contributed by atoms with Gasteiger partial charge in [-0.3, -0.25) is 9.69 Å². The van der Waals surface area contributed by atoms with Crippen molar-refractivity contribution in [3.63, 3.8) is 0 Å². The highest BCUT2D eigenvalue weighted by Crippen LogP contribution is 2.33. The molecular weight excluding hydrogens is 254 g/mol. The number of ether oxygens (including phenoxy) is 1. The number of likely N-dealkylation sites (tertiary alicyclic amines) is 1. The van der Waals surface area contributed by atoms with Crippen LogP contribution in [0.25, 0.3) is 0 Å². The fraction of sp³-hybridized carbons (Fsp3) is 0.533. The summed E-state index contributed by atoms with van der Waals surface area (Å²) in [6.45, 7) is 3.89. The number of carbonyl (C=O) groups is 1. The Hall–Kier alpha value is -1.75. The van der Waals surface area contributed by atoms with Gasteiger partial charge >= 0.3 is 0 Å². The van der Waals surface area contributed by atoms with E-state index in [-0.39, 0.29) is 5.91 Å². The Morgan fingerprint density at radius 2 is 2.00 bits per heavy atom. The molecule has 1 fully saturated rings. The number of benzene rings is 1. The summed E-state index contributed by atoms with van der Waals surface area (Å²) in [4.78, 5) is 16.6. The van der Waals surface area contributed by atoms with Gasteiger partial charge in [0.05, 0.1) is 18.8 Å². The molecule has 108 valence electrons. The zero-order chi connectivity index (χ0) is 13.9. The van der Waals surface area contributed by atoms with Gasteiger partial charge in [-0.25, -0.2) is 0 Å². The number of carbonyl (C=O) groups excluding carboxylic acids is 1. The van der Waals surface area contributed by atoms with Gasteiger partial charge in [-0.1, -0.05) is 0 Å². The van der Waals surface area contributed by atoms with Crippen molar-refractivity contribution in [3.05, 3.63) is 18.2 Å². The molecule has 2 heterocycles. The van der Waals surface area contributed by atoms with Crippen LogP contribution in [0.5, 0.6) is 5.75 Å². The van der Waals surface area contributed by atoms with E-state index in [9.17, 15) is 4.79 Å². The maximum atomic E-state index is 12.6. The third kappa shape index (κ3) is 2.72. The summed E-state index contributed by atoms with van der Waals surface area (Å²) in [6, 6.07) is 5.50. The number of fused-ring (bicyclic) bond motifs is 1. The fourth-order valence-electron chi connectivity index (χ4n) is 2.87. The standard InChI is InChI=1S/C15H21N3O2/c16-12-4-5-14-13(10-12)18(8-3-9-20-14)15(19)11-17-6-1-2-7-17/h4-5,10H,1-3,6-9,11,16H2. The first-order valence-corrected chi connectivity index (χ1v) is 7.29. The SMILES string of the molecule is Nc1ccc2c(c1)N(C(=O)CN1CCCC1)CCCO2. The van der Waals surface area contributed by atoms with E-state index in [0.29, 0.717) is 25.4 Å². The summed E-state index contributed by atoms with van der Waals surface area (Å²) in [6.07, 6.45) is 3.24.